The van der Waals surface area contributed by atoms with E-state index in [9.17, 15) is 9.59 Å². The molecule has 0 radical (unpaired) electrons. The fourth-order valence-corrected chi connectivity index (χ4v) is 0.843. The maximum Gasteiger partial charge on any atom is 0.243 e. The zero-order valence-electron chi connectivity index (χ0n) is 7.76. The Morgan fingerprint density at radius 1 is 1.33 bits per heavy atom. The highest BCUT2D eigenvalue weighted by Gasteiger charge is 2.16. The number of ketones is 1. The van der Waals surface area contributed by atoms with Crippen molar-refractivity contribution in [2.45, 2.75) is 26.8 Å². The monoisotopic (exact) mass is 169 g/mol. The Bertz CT molecular complexity index is 197. The molecule has 0 fully saturated rings. The highest BCUT2D eigenvalue weighted by Crippen LogP contribution is 1.98. The highest BCUT2D eigenvalue weighted by atomic mass is 16.2. The van der Waals surface area contributed by atoms with Crippen LogP contribution >= 0.6 is 0 Å². The SMILES string of the molecule is C=CC(=O)NC(C)C(=O)C(C)C. The van der Waals surface area contributed by atoms with Gasteiger partial charge in [0, 0.05) is 5.92 Å². The number of hydrogen-bond acceptors (Lipinski definition) is 2. The number of carbonyl (C=O) groups excluding carboxylic acids is 2. The van der Waals surface area contributed by atoms with Gasteiger partial charge in [-0.25, -0.2) is 0 Å². The molecule has 1 N–H and O–H groups in total. The Kier molecular flexibility index (Phi) is 4.26. The molecule has 0 aromatic carbocycles. The Morgan fingerprint density at radius 2 is 1.83 bits per heavy atom. The van der Waals surface area contributed by atoms with Crippen molar-refractivity contribution in [1.29, 1.82) is 0 Å². The van der Waals surface area contributed by atoms with Gasteiger partial charge >= 0.3 is 0 Å². The van der Waals surface area contributed by atoms with Gasteiger partial charge in [-0.3, -0.25) is 9.59 Å². The van der Waals surface area contributed by atoms with Crippen molar-refractivity contribution in [3.63, 3.8) is 0 Å². The van der Waals surface area contributed by atoms with E-state index in [1.54, 1.807) is 20.8 Å². The minimum Gasteiger partial charge on any atom is -0.343 e. The lowest BCUT2D eigenvalue weighted by Crippen LogP contribution is -2.39. The zero-order valence-corrected chi connectivity index (χ0v) is 7.76. The van der Waals surface area contributed by atoms with Crippen LogP contribution in [0.5, 0.6) is 0 Å². The summed E-state index contributed by atoms with van der Waals surface area (Å²) in [5, 5.41) is 2.50. The fraction of sp³-hybridized carbons (Fsp3) is 0.556. The summed E-state index contributed by atoms with van der Waals surface area (Å²) in [5.74, 6) is -0.327. The van der Waals surface area contributed by atoms with Crippen molar-refractivity contribution in [3.8, 4) is 0 Å². The largest absolute Gasteiger partial charge is 0.343 e. The average Bonchev–Trinajstić information content (AvgIpc) is 2.02. The van der Waals surface area contributed by atoms with Crippen LogP contribution in [0.2, 0.25) is 0 Å². The van der Waals surface area contributed by atoms with E-state index in [2.05, 4.69) is 11.9 Å². The lowest BCUT2D eigenvalue weighted by atomic mass is 10.0. The standard InChI is InChI=1S/C9H15NO2/c1-5-8(11)10-7(4)9(12)6(2)3/h5-7H,1H2,2-4H3,(H,10,11). The van der Waals surface area contributed by atoms with Gasteiger partial charge in [0.1, 0.15) is 0 Å². The first-order valence-electron chi connectivity index (χ1n) is 3.95. The van der Waals surface area contributed by atoms with E-state index in [0.29, 0.717) is 0 Å². The summed E-state index contributed by atoms with van der Waals surface area (Å²) in [6.07, 6.45) is 1.16. The van der Waals surface area contributed by atoms with E-state index in [0.717, 1.165) is 6.08 Å². The van der Waals surface area contributed by atoms with Crippen LogP contribution in [0.1, 0.15) is 20.8 Å². The summed E-state index contributed by atoms with van der Waals surface area (Å²) in [4.78, 5) is 22.0. The van der Waals surface area contributed by atoms with Crippen molar-refractivity contribution in [1.82, 2.24) is 5.32 Å². The molecule has 1 amide bonds. The van der Waals surface area contributed by atoms with Crippen LogP contribution in [0.4, 0.5) is 0 Å². The quantitative estimate of drug-likeness (QED) is 0.635. The predicted molar refractivity (Wildman–Crippen MR) is 47.6 cm³/mol. The van der Waals surface area contributed by atoms with Crippen LogP contribution in [0.25, 0.3) is 0 Å². The van der Waals surface area contributed by atoms with Crippen LogP contribution in [0.3, 0.4) is 0 Å². The first-order valence-corrected chi connectivity index (χ1v) is 3.95. The van der Waals surface area contributed by atoms with E-state index >= 15 is 0 Å². The van der Waals surface area contributed by atoms with Crippen molar-refractivity contribution in [2.75, 3.05) is 0 Å². The number of Topliss-reactive ketones (excluding diaryl/α,β-unsaturated/α-hetero) is 1. The normalized spacial score (nSPS) is 12.3. The minimum absolute atomic E-state index is 0.0326. The molecular formula is C9H15NO2. The molecule has 0 saturated carbocycles. The molecule has 0 aromatic heterocycles. The molecule has 0 saturated heterocycles. The van der Waals surface area contributed by atoms with Crippen LogP contribution < -0.4 is 5.32 Å². The number of amides is 1. The molecular weight excluding hydrogens is 154 g/mol. The van der Waals surface area contributed by atoms with Gasteiger partial charge < -0.3 is 5.32 Å². The summed E-state index contributed by atoms with van der Waals surface area (Å²) in [6.45, 7) is 8.57. The smallest absolute Gasteiger partial charge is 0.243 e. The lowest BCUT2D eigenvalue weighted by Gasteiger charge is -2.13. The maximum absolute atomic E-state index is 11.2. The zero-order chi connectivity index (χ0) is 9.72. The Labute approximate surface area is 72.8 Å². The van der Waals surface area contributed by atoms with Crippen molar-refractivity contribution in [3.05, 3.63) is 12.7 Å². The summed E-state index contributed by atoms with van der Waals surface area (Å²) in [6, 6.07) is -0.421. The van der Waals surface area contributed by atoms with Gasteiger partial charge in [-0.15, -0.1) is 0 Å². The van der Waals surface area contributed by atoms with E-state index < -0.39 is 6.04 Å². The number of carbonyl (C=O) groups is 2. The first kappa shape index (κ1) is 10.9. The fourth-order valence-electron chi connectivity index (χ4n) is 0.843. The molecule has 0 aromatic rings. The Morgan fingerprint density at radius 3 is 2.17 bits per heavy atom. The molecule has 1 unspecified atom stereocenters. The molecule has 12 heavy (non-hydrogen) atoms. The minimum atomic E-state index is -0.421. The second-order valence-corrected chi connectivity index (χ2v) is 2.99. The third-order valence-electron chi connectivity index (χ3n) is 1.54. The number of rotatable bonds is 4. The molecule has 0 rings (SSSR count). The van der Waals surface area contributed by atoms with Crippen molar-refractivity contribution >= 4 is 11.7 Å². The third-order valence-corrected chi connectivity index (χ3v) is 1.54. The predicted octanol–water partition coefficient (Wildman–Crippen LogP) is 0.902. The van der Waals surface area contributed by atoms with Gasteiger partial charge in [0.25, 0.3) is 0 Å². The van der Waals surface area contributed by atoms with E-state index in [1.807, 2.05) is 0 Å². The van der Waals surface area contributed by atoms with Crippen molar-refractivity contribution in [2.24, 2.45) is 5.92 Å². The topological polar surface area (TPSA) is 46.2 Å². The van der Waals surface area contributed by atoms with E-state index in [-0.39, 0.29) is 17.6 Å². The summed E-state index contributed by atoms with van der Waals surface area (Å²) in [7, 11) is 0. The van der Waals surface area contributed by atoms with Crippen molar-refractivity contribution < 1.29 is 9.59 Å². The molecule has 0 spiro atoms. The molecule has 0 aliphatic carbocycles. The van der Waals surface area contributed by atoms with E-state index in [4.69, 9.17) is 0 Å². The molecule has 0 aliphatic rings. The number of nitrogens with one attached hydrogen (secondary N) is 1. The maximum atomic E-state index is 11.2. The summed E-state index contributed by atoms with van der Waals surface area (Å²) >= 11 is 0. The van der Waals surface area contributed by atoms with Gasteiger partial charge in [-0.2, -0.15) is 0 Å². The molecule has 0 bridgehead atoms. The Balaban J connectivity index is 4.03. The van der Waals surface area contributed by atoms with Gasteiger partial charge in [-0.1, -0.05) is 20.4 Å². The lowest BCUT2D eigenvalue weighted by molar-refractivity contribution is -0.127. The second kappa shape index (κ2) is 4.70. The molecule has 0 aliphatic heterocycles. The van der Waals surface area contributed by atoms with Crippen LogP contribution in [-0.2, 0) is 9.59 Å². The highest BCUT2D eigenvalue weighted by molar-refractivity contribution is 5.93. The van der Waals surface area contributed by atoms with E-state index in [1.165, 1.54) is 0 Å². The van der Waals surface area contributed by atoms with Gasteiger partial charge in [0.05, 0.1) is 6.04 Å². The molecule has 1 atom stereocenters. The number of hydrogen-bond donors (Lipinski definition) is 1. The summed E-state index contributed by atoms with van der Waals surface area (Å²) < 4.78 is 0. The van der Waals surface area contributed by atoms with Crippen LogP contribution in [0.15, 0.2) is 12.7 Å². The first-order chi connectivity index (χ1) is 5.49. The summed E-state index contributed by atoms with van der Waals surface area (Å²) in [5.41, 5.74) is 0. The Hall–Kier alpha value is -1.12. The van der Waals surface area contributed by atoms with Crippen LogP contribution in [0, 0.1) is 5.92 Å². The molecule has 3 heteroatoms. The van der Waals surface area contributed by atoms with Crippen LogP contribution in [-0.4, -0.2) is 17.7 Å². The second-order valence-electron chi connectivity index (χ2n) is 2.99. The third kappa shape index (κ3) is 3.32. The van der Waals surface area contributed by atoms with Gasteiger partial charge in [-0.05, 0) is 13.0 Å². The molecule has 0 heterocycles. The molecule has 3 nitrogen and oxygen atoms in total. The molecule has 68 valence electrons. The van der Waals surface area contributed by atoms with Gasteiger partial charge in [0.2, 0.25) is 5.91 Å². The average molecular weight is 169 g/mol. The van der Waals surface area contributed by atoms with Gasteiger partial charge in [0.15, 0.2) is 5.78 Å².